The van der Waals surface area contributed by atoms with Crippen LogP contribution in [0.25, 0.3) is 111 Å². The highest BCUT2D eigenvalue weighted by Gasteiger charge is 2.23. The van der Waals surface area contributed by atoms with Gasteiger partial charge in [0.1, 0.15) is 0 Å². The summed E-state index contributed by atoms with van der Waals surface area (Å²) >= 11 is 0. The third-order valence-electron chi connectivity index (χ3n) is 11.8. The summed E-state index contributed by atoms with van der Waals surface area (Å²) in [5.41, 5.74) is 12.0. The standard InChI is InChI=1S/C55H35N5/c1-4-16-36(17-5-1)37-28-31-42(32-29-37)59-48-26-14-12-24-44(48)46-33-30-41(35-50(46)59)51-43-23-11-10-22-40(43)34-47-45-25-13-15-27-49(45)60(52(47)51)55-57-53(38-18-6-2-7-19-38)56-54(58-55)39-20-8-3-9-21-39/h1-35H. The van der Waals surface area contributed by atoms with Crippen LogP contribution in [0.5, 0.6) is 0 Å². The van der Waals surface area contributed by atoms with Gasteiger partial charge >= 0.3 is 0 Å². The second-order valence-corrected chi connectivity index (χ2v) is 15.2. The first kappa shape index (κ1) is 33.9. The molecule has 0 saturated carbocycles. The maximum Gasteiger partial charge on any atom is 0.238 e. The smallest absolute Gasteiger partial charge is 0.238 e. The maximum absolute atomic E-state index is 5.28. The Bertz CT molecular complexity index is 3510. The zero-order valence-electron chi connectivity index (χ0n) is 32.4. The molecule has 0 unspecified atom stereocenters. The van der Waals surface area contributed by atoms with Crippen LogP contribution in [0.4, 0.5) is 0 Å². The molecule has 3 aromatic heterocycles. The van der Waals surface area contributed by atoms with Gasteiger partial charge < -0.3 is 4.57 Å². The Labute approximate surface area is 346 Å². The fraction of sp³-hybridized carbons (Fsp3) is 0. The van der Waals surface area contributed by atoms with Crippen molar-refractivity contribution in [2.75, 3.05) is 0 Å². The SMILES string of the molecule is c1ccc(-c2ccc(-n3c4ccccc4c4ccc(-c5c6ccccc6cc6c7ccccc7n(-c7nc(-c8ccccc8)nc(-c8ccccc8)n7)c56)cc43)cc2)cc1. The van der Waals surface area contributed by atoms with Crippen LogP contribution in [0, 0.1) is 0 Å². The number of rotatable bonds is 6. The fourth-order valence-corrected chi connectivity index (χ4v) is 9.03. The Hall–Kier alpha value is -8.15. The lowest BCUT2D eigenvalue weighted by Crippen LogP contribution is -2.07. The minimum Gasteiger partial charge on any atom is -0.309 e. The Balaban J connectivity index is 1.16. The van der Waals surface area contributed by atoms with E-state index in [1.165, 1.54) is 32.8 Å². The van der Waals surface area contributed by atoms with Gasteiger partial charge in [0, 0.05) is 43.9 Å². The van der Waals surface area contributed by atoms with E-state index in [1.807, 2.05) is 36.4 Å². The molecule has 0 saturated heterocycles. The van der Waals surface area contributed by atoms with Crippen LogP contribution in [0.3, 0.4) is 0 Å². The lowest BCUT2D eigenvalue weighted by atomic mass is 9.94. The minimum absolute atomic E-state index is 0.569. The van der Waals surface area contributed by atoms with E-state index >= 15 is 0 Å². The van der Waals surface area contributed by atoms with E-state index in [0.29, 0.717) is 17.6 Å². The highest BCUT2D eigenvalue weighted by molar-refractivity contribution is 6.22. The summed E-state index contributed by atoms with van der Waals surface area (Å²) in [7, 11) is 0. The molecule has 5 heteroatoms. The van der Waals surface area contributed by atoms with Crippen molar-refractivity contribution in [3.63, 3.8) is 0 Å². The molecule has 9 aromatic carbocycles. The Morgan fingerprint density at radius 1 is 0.300 bits per heavy atom. The molecule has 3 heterocycles. The molecule has 0 bridgehead atoms. The molecule has 0 atom stereocenters. The van der Waals surface area contributed by atoms with Gasteiger partial charge in [-0.1, -0.05) is 176 Å². The topological polar surface area (TPSA) is 48.5 Å². The first-order valence-electron chi connectivity index (χ1n) is 20.3. The van der Waals surface area contributed by atoms with Crippen molar-refractivity contribution >= 4 is 54.4 Å². The van der Waals surface area contributed by atoms with Crippen LogP contribution in [0.15, 0.2) is 212 Å². The first-order chi connectivity index (χ1) is 29.8. The number of hydrogen-bond acceptors (Lipinski definition) is 3. The quantitative estimate of drug-likeness (QED) is 0.169. The summed E-state index contributed by atoms with van der Waals surface area (Å²) in [4.78, 5) is 15.6. The average molecular weight is 766 g/mol. The van der Waals surface area contributed by atoms with Crippen molar-refractivity contribution in [3.05, 3.63) is 212 Å². The van der Waals surface area contributed by atoms with E-state index in [2.05, 4.69) is 185 Å². The van der Waals surface area contributed by atoms with Crippen molar-refractivity contribution < 1.29 is 0 Å². The molecule has 0 aliphatic carbocycles. The molecule has 0 radical (unpaired) electrons. The van der Waals surface area contributed by atoms with Gasteiger partial charge in [-0.2, -0.15) is 9.97 Å². The zero-order chi connectivity index (χ0) is 39.6. The maximum atomic E-state index is 5.28. The number of fused-ring (bicyclic) bond motifs is 7. The van der Waals surface area contributed by atoms with E-state index in [4.69, 9.17) is 15.0 Å². The molecule has 12 aromatic rings. The normalized spacial score (nSPS) is 11.7. The van der Waals surface area contributed by atoms with E-state index in [1.54, 1.807) is 0 Å². The second-order valence-electron chi connectivity index (χ2n) is 15.2. The number of benzene rings is 9. The minimum atomic E-state index is 0.569. The van der Waals surface area contributed by atoms with Crippen molar-refractivity contribution in [1.29, 1.82) is 0 Å². The lowest BCUT2D eigenvalue weighted by molar-refractivity contribution is 0.954. The van der Waals surface area contributed by atoms with Crippen LogP contribution in [-0.4, -0.2) is 24.1 Å². The van der Waals surface area contributed by atoms with Crippen LogP contribution in [0.1, 0.15) is 0 Å². The van der Waals surface area contributed by atoms with E-state index in [0.717, 1.165) is 60.6 Å². The highest BCUT2D eigenvalue weighted by atomic mass is 15.2. The summed E-state index contributed by atoms with van der Waals surface area (Å²) in [6, 6.07) is 75.2. The third kappa shape index (κ3) is 5.44. The molecule has 5 nitrogen and oxygen atoms in total. The Morgan fingerprint density at radius 2 is 0.783 bits per heavy atom. The van der Waals surface area contributed by atoms with Gasteiger partial charge in [-0.05, 0) is 63.9 Å². The largest absolute Gasteiger partial charge is 0.309 e. The number of hydrogen-bond donors (Lipinski definition) is 0. The molecule has 0 amide bonds. The Morgan fingerprint density at radius 3 is 1.43 bits per heavy atom. The van der Waals surface area contributed by atoms with Gasteiger partial charge in [-0.15, -0.1) is 0 Å². The van der Waals surface area contributed by atoms with E-state index in [9.17, 15) is 0 Å². The summed E-state index contributed by atoms with van der Waals surface area (Å²) in [6.07, 6.45) is 0. The monoisotopic (exact) mass is 765 g/mol. The number of aromatic nitrogens is 5. The Kier molecular flexibility index (Phi) is 7.78. The molecular formula is C55H35N5. The second kappa shape index (κ2) is 13.8. The molecule has 12 rings (SSSR count). The van der Waals surface area contributed by atoms with Crippen molar-refractivity contribution in [3.8, 4) is 56.7 Å². The summed E-state index contributed by atoms with van der Waals surface area (Å²) in [6.45, 7) is 0. The van der Waals surface area contributed by atoms with Crippen LogP contribution in [-0.2, 0) is 0 Å². The molecule has 60 heavy (non-hydrogen) atoms. The van der Waals surface area contributed by atoms with Crippen LogP contribution in [0.2, 0.25) is 0 Å². The molecule has 0 fully saturated rings. The first-order valence-corrected chi connectivity index (χ1v) is 20.3. The molecular weight excluding hydrogens is 731 g/mol. The molecule has 0 aliphatic rings. The predicted molar refractivity (Wildman–Crippen MR) is 248 cm³/mol. The molecule has 0 spiro atoms. The predicted octanol–water partition coefficient (Wildman–Crippen LogP) is 13.9. The lowest BCUT2D eigenvalue weighted by Gasteiger charge is -2.15. The summed E-state index contributed by atoms with van der Waals surface area (Å²) < 4.78 is 4.67. The third-order valence-corrected chi connectivity index (χ3v) is 11.8. The van der Waals surface area contributed by atoms with E-state index in [-0.39, 0.29) is 0 Å². The molecule has 280 valence electrons. The van der Waals surface area contributed by atoms with Crippen LogP contribution < -0.4 is 0 Å². The van der Waals surface area contributed by atoms with Crippen molar-refractivity contribution in [2.24, 2.45) is 0 Å². The summed E-state index contributed by atoms with van der Waals surface area (Å²) in [5, 5.41) is 7.02. The van der Waals surface area contributed by atoms with Gasteiger partial charge in [0.05, 0.1) is 22.1 Å². The number of para-hydroxylation sites is 2. The summed E-state index contributed by atoms with van der Waals surface area (Å²) in [5.74, 6) is 1.81. The van der Waals surface area contributed by atoms with Gasteiger partial charge in [0.25, 0.3) is 0 Å². The van der Waals surface area contributed by atoms with Gasteiger partial charge in [-0.3, -0.25) is 4.57 Å². The van der Waals surface area contributed by atoms with Crippen LogP contribution >= 0.6 is 0 Å². The zero-order valence-corrected chi connectivity index (χ0v) is 32.4. The molecule has 0 N–H and O–H groups in total. The van der Waals surface area contributed by atoms with Gasteiger partial charge in [0.15, 0.2) is 11.6 Å². The number of nitrogens with zero attached hydrogens (tertiary/aromatic N) is 5. The van der Waals surface area contributed by atoms with Crippen molar-refractivity contribution in [1.82, 2.24) is 24.1 Å². The van der Waals surface area contributed by atoms with Gasteiger partial charge in [0.2, 0.25) is 5.95 Å². The van der Waals surface area contributed by atoms with Crippen molar-refractivity contribution in [2.45, 2.75) is 0 Å². The highest BCUT2D eigenvalue weighted by Crippen LogP contribution is 2.44. The fourth-order valence-electron chi connectivity index (χ4n) is 9.03. The van der Waals surface area contributed by atoms with Gasteiger partial charge in [-0.25, -0.2) is 4.98 Å². The molecule has 0 aliphatic heterocycles. The van der Waals surface area contributed by atoms with E-state index < -0.39 is 0 Å². The average Bonchev–Trinajstić information content (AvgIpc) is 3.84.